The number of carbonyl (C=O) groups is 1. The number of nitrogen functional groups attached to an aromatic ring is 1. The predicted molar refractivity (Wildman–Crippen MR) is 181 cm³/mol. The van der Waals surface area contributed by atoms with Crippen LogP contribution in [0.1, 0.15) is 107 Å². The molecule has 1 aliphatic heterocycles. The Morgan fingerprint density at radius 1 is 1.06 bits per heavy atom. The van der Waals surface area contributed by atoms with Crippen LogP contribution in [0.15, 0.2) is 30.9 Å². The second-order valence-electron chi connectivity index (χ2n) is 15.3. The van der Waals surface area contributed by atoms with E-state index in [4.69, 9.17) is 15.2 Å². The fraction of sp³-hybridized carbons (Fsp3) is 0.676. The summed E-state index contributed by atoms with van der Waals surface area (Å²) >= 11 is 0. The van der Waals surface area contributed by atoms with Crippen LogP contribution in [0.5, 0.6) is 5.75 Å². The van der Waals surface area contributed by atoms with Crippen molar-refractivity contribution in [3.05, 3.63) is 42.0 Å². The molecule has 3 heterocycles. The Labute approximate surface area is 287 Å². The van der Waals surface area contributed by atoms with Gasteiger partial charge in [0.1, 0.15) is 42.5 Å². The summed E-state index contributed by atoms with van der Waals surface area (Å²) in [7, 11) is 0. The number of anilines is 1. The average Bonchev–Trinajstić information content (AvgIpc) is 3.73. The lowest BCUT2D eigenvalue weighted by Gasteiger charge is -2.50. The van der Waals surface area contributed by atoms with E-state index in [9.17, 15) is 25.2 Å². The number of benzene rings is 1. The summed E-state index contributed by atoms with van der Waals surface area (Å²) in [4.78, 5) is 24.7. The number of aromatic nitrogens is 4. The zero-order valence-corrected chi connectivity index (χ0v) is 28.4. The van der Waals surface area contributed by atoms with Crippen LogP contribution in [-0.4, -0.2) is 76.9 Å². The van der Waals surface area contributed by atoms with Crippen molar-refractivity contribution in [3.63, 3.8) is 0 Å². The Morgan fingerprint density at radius 2 is 1.86 bits per heavy atom. The van der Waals surface area contributed by atoms with Gasteiger partial charge in [0.05, 0.1) is 12.4 Å². The van der Waals surface area contributed by atoms with Gasteiger partial charge < -0.3 is 35.6 Å². The van der Waals surface area contributed by atoms with Crippen LogP contribution < -0.4 is 5.73 Å². The summed E-state index contributed by atoms with van der Waals surface area (Å²) in [5, 5.41) is 42.6. The molecule has 3 aliphatic carbocycles. The highest BCUT2D eigenvalue weighted by atomic mass is 16.6. The van der Waals surface area contributed by atoms with Gasteiger partial charge in [-0.3, -0.25) is 9.36 Å². The molecule has 49 heavy (non-hydrogen) atoms. The number of aliphatic hydroxyl groups excluding tert-OH is 3. The molecule has 0 radical (unpaired) electrons. The van der Waals surface area contributed by atoms with Gasteiger partial charge >= 0.3 is 5.97 Å². The van der Waals surface area contributed by atoms with Crippen molar-refractivity contribution >= 4 is 23.0 Å². The molecule has 0 amide bonds. The van der Waals surface area contributed by atoms with Crippen molar-refractivity contribution in [1.82, 2.24) is 19.5 Å². The number of esters is 1. The van der Waals surface area contributed by atoms with Gasteiger partial charge in [-0.25, -0.2) is 15.0 Å². The third-order valence-corrected chi connectivity index (χ3v) is 12.4. The second kappa shape index (κ2) is 14.1. The van der Waals surface area contributed by atoms with Crippen molar-refractivity contribution in [3.8, 4) is 5.75 Å². The maximum Gasteiger partial charge on any atom is 0.305 e. The number of hydrogen-bond acceptors (Lipinski definition) is 11. The van der Waals surface area contributed by atoms with Gasteiger partial charge in [-0.05, 0) is 97.3 Å². The Balaban J connectivity index is 0.783. The molecule has 2 aromatic heterocycles. The summed E-state index contributed by atoms with van der Waals surface area (Å²) in [5.74, 6) is 2.33. The highest BCUT2D eigenvalue weighted by Crippen LogP contribution is 2.62. The maximum absolute atomic E-state index is 12.4. The van der Waals surface area contributed by atoms with Crippen molar-refractivity contribution in [2.24, 2.45) is 23.2 Å². The molecule has 1 unspecified atom stereocenters. The first kappa shape index (κ1) is 34.1. The summed E-state index contributed by atoms with van der Waals surface area (Å²) in [6.07, 6.45) is 11.1. The fourth-order valence-corrected chi connectivity index (χ4v) is 9.78. The lowest BCUT2D eigenvalue weighted by atomic mass is 9.55. The van der Waals surface area contributed by atoms with Crippen molar-refractivity contribution < 1.29 is 34.7 Å². The molecule has 1 aromatic carbocycles. The van der Waals surface area contributed by atoms with Crippen LogP contribution in [0, 0.1) is 23.2 Å². The van der Waals surface area contributed by atoms with Crippen LogP contribution in [0.3, 0.4) is 0 Å². The lowest BCUT2D eigenvalue weighted by Crippen LogP contribution is -2.44. The van der Waals surface area contributed by atoms with E-state index in [-0.39, 0.29) is 29.9 Å². The number of hydrogen-bond donors (Lipinski definition) is 5. The lowest BCUT2D eigenvalue weighted by molar-refractivity contribution is -0.150. The fourth-order valence-electron chi connectivity index (χ4n) is 9.78. The zero-order chi connectivity index (χ0) is 34.3. The number of aryl methyl sites for hydroxylation is 1. The standard InChI is InChI=1S/C37H51N5O7/c1-37-15-14-25-24-13-11-23(43)16-21(24)10-12-26(25)27(37)17-22(33(37)47)8-6-4-2-3-5-7-9-29(44)48-18-28-31(45)32(46)36(49-28)42-20-41-30-34(38)39-19-40-35(30)42/h11,13,16,19-20,22,25-28,31-33,36,43,45-47H,2-10,12,14-15,17-18H2,1H3,(H2,38,39,40)/t22?,25-,26-,27+,28-,31-,32-,33+,36-,37+/m1/s1. The maximum atomic E-state index is 12.4. The first-order chi connectivity index (χ1) is 23.7. The third kappa shape index (κ3) is 6.53. The van der Waals surface area contributed by atoms with E-state index in [1.54, 1.807) is 0 Å². The van der Waals surface area contributed by atoms with Crippen molar-refractivity contribution in [2.75, 3.05) is 12.3 Å². The molecular formula is C37H51N5O7. The molecule has 0 bridgehead atoms. The molecule has 2 saturated carbocycles. The molecule has 6 N–H and O–H groups in total. The number of unbranched alkanes of at least 4 members (excludes halogenated alkanes) is 5. The van der Waals surface area contributed by atoms with Crippen LogP contribution in [0.2, 0.25) is 0 Å². The van der Waals surface area contributed by atoms with E-state index < -0.39 is 24.5 Å². The molecule has 266 valence electrons. The number of imidazole rings is 1. The molecule has 1 saturated heterocycles. The third-order valence-electron chi connectivity index (χ3n) is 12.4. The van der Waals surface area contributed by atoms with Crippen LogP contribution in [-0.2, 0) is 20.7 Å². The summed E-state index contributed by atoms with van der Waals surface area (Å²) in [5.41, 5.74) is 9.35. The van der Waals surface area contributed by atoms with Crippen molar-refractivity contribution in [2.45, 2.75) is 127 Å². The van der Waals surface area contributed by atoms with Crippen LogP contribution in [0.25, 0.3) is 11.2 Å². The number of ether oxygens (including phenoxy) is 2. The number of phenols is 1. The largest absolute Gasteiger partial charge is 0.508 e. The van der Waals surface area contributed by atoms with Gasteiger partial charge in [0.25, 0.3) is 0 Å². The Morgan fingerprint density at radius 3 is 2.69 bits per heavy atom. The number of aromatic hydroxyl groups is 1. The molecule has 10 atom stereocenters. The SMILES string of the molecule is C[C@]12CC[C@@H]3c4ccc(O)cc4CC[C@H]3[C@@H]1CC(CCCCCCCCC(=O)OC[C@H]1O[C@@H](n3cnc4c(N)ncnc43)[C@H](O)[C@@H]1O)[C@@H]2O. The van der Waals surface area contributed by atoms with Gasteiger partial charge in [0, 0.05) is 6.42 Å². The van der Waals surface area contributed by atoms with E-state index >= 15 is 0 Å². The minimum Gasteiger partial charge on any atom is -0.508 e. The number of phenolic OH excluding ortho intramolecular Hbond substituents is 1. The summed E-state index contributed by atoms with van der Waals surface area (Å²) in [6, 6.07) is 5.94. The van der Waals surface area contributed by atoms with E-state index in [0.717, 1.165) is 77.0 Å². The minimum atomic E-state index is -1.26. The highest BCUT2D eigenvalue weighted by molar-refractivity contribution is 5.81. The van der Waals surface area contributed by atoms with Gasteiger partial charge in [-0.2, -0.15) is 0 Å². The summed E-state index contributed by atoms with van der Waals surface area (Å²) < 4.78 is 12.7. The zero-order valence-electron chi connectivity index (χ0n) is 28.4. The molecule has 3 aromatic rings. The number of rotatable bonds is 12. The van der Waals surface area contributed by atoms with Crippen molar-refractivity contribution in [1.29, 1.82) is 0 Å². The Bertz CT molecular complexity index is 1630. The topological polar surface area (TPSA) is 186 Å². The minimum absolute atomic E-state index is 0.0116. The van der Waals surface area contributed by atoms with Gasteiger partial charge in [0.15, 0.2) is 17.7 Å². The second-order valence-corrected chi connectivity index (χ2v) is 15.3. The molecule has 7 rings (SSSR count). The number of carbonyl (C=O) groups excluding carboxylic acids is 1. The van der Waals surface area contributed by atoms with Gasteiger partial charge in [-0.15, -0.1) is 0 Å². The van der Waals surface area contributed by atoms with Crippen LogP contribution >= 0.6 is 0 Å². The molecule has 12 nitrogen and oxygen atoms in total. The van der Waals surface area contributed by atoms with E-state index in [1.807, 2.05) is 12.1 Å². The Hall–Kier alpha value is -3.32. The average molecular weight is 678 g/mol. The quantitative estimate of drug-likeness (QED) is 0.134. The van der Waals surface area contributed by atoms with Gasteiger partial charge in [0.2, 0.25) is 0 Å². The number of nitrogens with zero attached hydrogens (tertiary/aromatic N) is 4. The van der Waals surface area contributed by atoms with Crippen LogP contribution in [0.4, 0.5) is 5.82 Å². The van der Waals surface area contributed by atoms with E-state index in [1.165, 1.54) is 28.3 Å². The monoisotopic (exact) mass is 677 g/mol. The van der Waals surface area contributed by atoms with E-state index in [2.05, 4.69) is 27.9 Å². The molecule has 12 heteroatoms. The number of nitrogens with two attached hydrogens (primary N) is 1. The molecule has 3 fully saturated rings. The smallest absolute Gasteiger partial charge is 0.305 e. The summed E-state index contributed by atoms with van der Waals surface area (Å²) in [6.45, 7) is 2.18. The number of fused-ring (bicyclic) bond motifs is 6. The Kier molecular flexibility index (Phi) is 9.84. The normalized spacial score (nSPS) is 33.7. The molecular weight excluding hydrogens is 626 g/mol. The van der Waals surface area contributed by atoms with Gasteiger partial charge in [-0.1, -0.05) is 45.1 Å². The number of aliphatic hydroxyl groups is 3. The predicted octanol–water partition coefficient (Wildman–Crippen LogP) is 4.54. The first-order valence-electron chi connectivity index (χ1n) is 18.3. The molecule has 0 spiro atoms. The first-order valence-corrected chi connectivity index (χ1v) is 18.3. The highest BCUT2D eigenvalue weighted by Gasteiger charge is 2.57. The van der Waals surface area contributed by atoms with E-state index in [0.29, 0.717) is 47.0 Å². The molecule has 4 aliphatic rings.